The molecule has 29 heavy (non-hydrogen) atoms. The lowest BCUT2D eigenvalue weighted by atomic mass is 10.1. The van der Waals surface area contributed by atoms with E-state index in [0.29, 0.717) is 5.56 Å². The number of hydrogen-bond donors (Lipinski definition) is 2. The van der Waals surface area contributed by atoms with Crippen LogP contribution < -0.4 is 10.5 Å². The number of nitro benzene ring substituents is 1. The fourth-order valence-electron chi connectivity index (χ4n) is 2.84. The zero-order chi connectivity index (χ0) is 21.9. The lowest BCUT2D eigenvalue weighted by Crippen LogP contribution is -2.32. The zero-order valence-corrected chi connectivity index (χ0v) is 17.5. The summed E-state index contributed by atoms with van der Waals surface area (Å²) in [5.74, 6) is -0.391. The summed E-state index contributed by atoms with van der Waals surface area (Å²) in [7, 11) is -2.04. The van der Waals surface area contributed by atoms with E-state index in [0.717, 1.165) is 11.1 Å². The molecular formula is C19H24N4O5S. The Labute approximate surface area is 169 Å². The predicted molar refractivity (Wildman–Crippen MR) is 110 cm³/mol. The van der Waals surface area contributed by atoms with Crippen LogP contribution in [0.25, 0.3) is 0 Å². The van der Waals surface area contributed by atoms with Crippen molar-refractivity contribution in [2.24, 2.45) is 5.14 Å². The van der Waals surface area contributed by atoms with Crippen LogP contribution in [0, 0.1) is 24.0 Å². The van der Waals surface area contributed by atoms with Crippen molar-refractivity contribution in [2.75, 3.05) is 18.9 Å². The van der Waals surface area contributed by atoms with E-state index in [-0.39, 0.29) is 28.9 Å². The molecule has 0 radical (unpaired) electrons. The lowest BCUT2D eigenvalue weighted by molar-refractivity contribution is -0.384. The van der Waals surface area contributed by atoms with Crippen LogP contribution in [-0.4, -0.2) is 37.7 Å². The van der Waals surface area contributed by atoms with Crippen molar-refractivity contribution in [3.05, 3.63) is 63.2 Å². The van der Waals surface area contributed by atoms with Gasteiger partial charge < -0.3 is 5.32 Å². The first-order chi connectivity index (χ1) is 13.4. The number of anilines is 1. The van der Waals surface area contributed by atoms with Gasteiger partial charge in [0.15, 0.2) is 0 Å². The van der Waals surface area contributed by atoms with Crippen LogP contribution in [0.15, 0.2) is 41.3 Å². The quantitative estimate of drug-likeness (QED) is 0.522. The number of carbonyl (C=O) groups excluding carboxylic acids is 1. The maximum Gasteiger partial charge on any atom is 0.293 e. The Morgan fingerprint density at radius 2 is 1.79 bits per heavy atom. The Morgan fingerprint density at radius 3 is 2.31 bits per heavy atom. The van der Waals surface area contributed by atoms with E-state index < -0.39 is 20.9 Å². The number of primary sulfonamides is 1. The van der Waals surface area contributed by atoms with Crippen molar-refractivity contribution in [3.8, 4) is 0 Å². The molecule has 0 spiro atoms. The molecule has 0 saturated carbocycles. The molecule has 0 aliphatic heterocycles. The minimum absolute atomic E-state index is 0.0103. The highest BCUT2D eigenvalue weighted by molar-refractivity contribution is 7.89. The van der Waals surface area contributed by atoms with E-state index >= 15 is 0 Å². The molecule has 0 aliphatic rings. The minimum atomic E-state index is -3.77. The summed E-state index contributed by atoms with van der Waals surface area (Å²) < 4.78 is 22.7. The number of benzene rings is 2. The van der Waals surface area contributed by atoms with Crippen LogP contribution in [0.1, 0.15) is 29.7 Å². The van der Waals surface area contributed by atoms with Gasteiger partial charge in [-0.3, -0.25) is 19.8 Å². The van der Waals surface area contributed by atoms with Crippen LogP contribution in [0.5, 0.6) is 0 Å². The monoisotopic (exact) mass is 420 g/mol. The Kier molecular flexibility index (Phi) is 6.73. The standard InChI is InChI=1S/C19H24N4O5S/c1-12-5-10-17(23(25)26)19(13(12)2)21-18(24)11-22(4)14(3)15-6-8-16(9-7-15)29(20,27)28/h5-10,14H,11H2,1-4H3,(H,21,24)(H2,20,27,28)/t14-/m1/s1. The van der Waals surface area contributed by atoms with Crippen molar-refractivity contribution >= 4 is 27.3 Å². The normalized spacial score (nSPS) is 12.6. The first-order valence-corrected chi connectivity index (χ1v) is 10.3. The molecule has 9 nitrogen and oxygen atoms in total. The van der Waals surface area contributed by atoms with Gasteiger partial charge in [0.05, 0.1) is 16.4 Å². The number of nitrogens with zero attached hydrogens (tertiary/aromatic N) is 2. The van der Waals surface area contributed by atoms with Crippen molar-refractivity contribution in [3.63, 3.8) is 0 Å². The van der Waals surface area contributed by atoms with Gasteiger partial charge in [0.25, 0.3) is 5.69 Å². The fourth-order valence-corrected chi connectivity index (χ4v) is 3.36. The van der Waals surface area contributed by atoms with Crippen LogP contribution in [0.2, 0.25) is 0 Å². The summed E-state index contributed by atoms with van der Waals surface area (Å²) in [4.78, 5) is 25.0. The number of nitrogens with two attached hydrogens (primary N) is 1. The molecule has 0 unspecified atom stereocenters. The van der Waals surface area contributed by atoms with Crippen LogP contribution >= 0.6 is 0 Å². The Hall–Kier alpha value is -2.82. The SMILES string of the molecule is Cc1ccc([N+](=O)[O-])c(NC(=O)CN(C)[C@H](C)c2ccc(S(N)(=O)=O)cc2)c1C. The highest BCUT2D eigenvalue weighted by Crippen LogP contribution is 2.30. The molecule has 0 saturated heterocycles. The molecule has 1 amide bonds. The second-order valence-electron chi connectivity index (χ2n) is 6.91. The van der Waals surface area contributed by atoms with Crippen LogP contribution in [0.3, 0.4) is 0 Å². The molecule has 2 aromatic carbocycles. The number of nitro groups is 1. The van der Waals surface area contributed by atoms with Gasteiger partial charge in [-0.25, -0.2) is 13.6 Å². The maximum absolute atomic E-state index is 12.5. The number of likely N-dealkylation sites (N-methyl/N-ethyl adjacent to an activating group) is 1. The van der Waals surface area contributed by atoms with E-state index in [2.05, 4.69) is 5.32 Å². The molecule has 0 heterocycles. The number of carbonyl (C=O) groups is 1. The largest absolute Gasteiger partial charge is 0.319 e. The third-order valence-electron chi connectivity index (χ3n) is 4.92. The molecule has 156 valence electrons. The number of nitrogens with one attached hydrogen (secondary N) is 1. The molecule has 2 rings (SSSR count). The predicted octanol–water partition coefficient (Wildman–Crippen LogP) is 2.49. The molecule has 0 fully saturated rings. The number of amides is 1. The molecule has 0 aliphatic carbocycles. The Balaban J connectivity index is 2.13. The molecule has 10 heteroatoms. The van der Waals surface area contributed by atoms with E-state index in [9.17, 15) is 23.3 Å². The number of hydrogen-bond acceptors (Lipinski definition) is 6. The van der Waals surface area contributed by atoms with Crippen LogP contribution in [-0.2, 0) is 14.8 Å². The fraction of sp³-hybridized carbons (Fsp3) is 0.316. The molecule has 0 bridgehead atoms. The first-order valence-electron chi connectivity index (χ1n) is 8.79. The van der Waals surface area contributed by atoms with E-state index in [1.807, 2.05) is 13.8 Å². The number of rotatable bonds is 7. The number of sulfonamides is 1. The molecule has 3 N–H and O–H groups in total. The van der Waals surface area contributed by atoms with E-state index in [1.165, 1.54) is 18.2 Å². The van der Waals surface area contributed by atoms with Gasteiger partial charge >= 0.3 is 0 Å². The van der Waals surface area contributed by atoms with Crippen molar-refractivity contribution < 1.29 is 18.1 Å². The van der Waals surface area contributed by atoms with E-state index in [1.54, 1.807) is 37.1 Å². The van der Waals surface area contributed by atoms with Crippen molar-refractivity contribution in [1.82, 2.24) is 4.90 Å². The first kappa shape index (κ1) is 22.5. The minimum Gasteiger partial charge on any atom is -0.319 e. The maximum atomic E-state index is 12.5. The summed E-state index contributed by atoms with van der Waals surface area (Å²) in [6.45, 7) is 5.38. The van der Waals surface area contributed by atoms with Gasteiger partial charge in [-0.05, 0) is 56.6 Å². The summed E-state index contributed by atoms with van der Waals surface area (Å²) >= 11 is 0. The van der Waals surface area contributed by atoms with Gasteiger partial charge in [-0.2, -0.15) is 0 Å². The van der Waals surface area contributed by atoms with Gasteiger partial charge in [-0.1, -0.05) is 18.2 Å². The molecule has 1 atom stereocenters. The van der Waals surface area contributed by atoms with Crippen LogP contribution in [0.4, 0.5) is 11.4 Å². The molecular weight excluding hydrogens is 396 g/mol. The summed E-state index contributed by atoms with van der Waals surface area (Å²) in [6.07, 6.45) is 0. The Morgan fingerprint density at radius 1 is 1.21 bits per heavy atom. The zero-order valence-electron chi connectivity index (χ0n) is 16.7. The summed E-state index contributed by atoms with van der Waals surface area (Å²) in [6, 6.07) is 8.90. The average molecular weight is 420 g/mol. The van der Waals surface area contributed by atoms with E-state index in [4.69, 9.17) is 5.14 Å². The van der Waals surface area contributed by atoms with Crippen molar-refractivity contribution in [1.29, 1.82) is 0 Å². The van der Waals surface area contributed by atoms with Gasteiger partial charge in [-0.15, -0.1) is 0 Å². The van der Waals surface area contributed by atoms with Gasteiger partial charge in [0.2, 0.25) is 15.9 Å². The summed E-state index contributed by atoms with van der Waals surface area (Å²) in [5, 5.41) is 19.0. The number of aryl methyl sites for hydroxylation is 1. The lowest BCUT2D eigenvalue weighted by Gasteiger charge is -2.24. The average Bonchev–Trinajstić information content (AvgIpc) is 2.64. The summed E-state index contributed by atoms with van der Waals surface area (Å²) in [5.41, 5.74) is 2.31. The van der Waals surface area contributed by atoms with Gasteiger partial charge in [0, 0.05) is 12.1 Å². The highest BCUT2D eigenvalue weighted by Gasteiger charge is 2.21. The highest BCUT2D eigenvalue weighted by atomic mass is 32.2. The van der Waals surface area contributed by atoms with Gasteiger partial charge in [0.1, 0.15) is 5.69 Å². The third kappa shape index (κ3) is 5.37. The molecule has 0 aromatic heterocycles. The van der Waals surface area contributed by atoms with Crippen molar-refractivity contribution in [2.45, 2.75) is 31.7 Å². The third-order valence-corrected chi connectivity index (χ3v) is 5.85. The Bertz CT molecular complexity index is 1040. The second-order valence-corrected chi connectivity index (χ2v) is 8.47. The topological polar surface area (TPSA) is 136 Å². The second kappa shape index (κ2) is 8.68. The smallest absolute Gasteiger partial charge is 0.293 e. The molecule has 2 aromatic rings.